The van der Waals surface area contributed by atoms with Crippen molar-refractivity contribution in [3.05, 3.63) is 29.8 Å². The number of piperidine rings is 1. The fraction of sp³-hybridized carbons (Fsp3) is 0.619. The molecule has 6 nitrogen and oxygen atoms in total. The Morgan fingerprint density at radius 1 is 1.04 bits per heavy atom. The summed E-state index contributed by atoms with van der Waals surface area (Å²) >= 11 is 0. The van der Waals surface area contributed by atoms with Crippen molar-refractivity contribution in [1.82, 2.24) is 15.5 Å². The standard InChI is InChI=1S/C21H31N3O3/c1-15(20(26)23-21(27)22-18-5-3-2-4-6-18)24-13-11-17(12-14-24)16-7-9-19(25)10-8-16/h7-10,15,17-18,25H,2-6,11-14H2,1H3,(H2,22,23,26,27). The maximum absolute atomic E-state index is 12.4. The van der Waals surface area contributed by atoms with Crippen molar-refractivity contribution in [1.29, 1.82) is 0 Å². The first-order chi connectivity index (χ1) is 13.0. The molecule has 1 unspecified atom stereocenters. The van der Waals surface area contributed by atoms with Gasteiger partial charge in [-0.25, -0.2) is 4.79 Å². The van der Waals surface area contributed by atoms with Crippen LogP contribution in [0.3, 0.4) is 0 Å². The maximum atomic E-state index is 12.4. The molecule has 1 aromatic rings. The van der Waals surface area contributed by atoms with Crippen molar-refractivity contribution in [2.75, 3.05) is 13.1 Å². The van der Waals surface area contributed by atoms with Gasteiger partial charge in [0.1, 0.15) is 5.75 Å². The fourth-order valence-corrected chi connectivity index (χ4v) is 4.22. The summed E-state index contributed by atoms with van der Waals surface area (Å²) in [6.45, 7) is 3.51. The average Bonchev–Trinajstić information content (AvgIpc) is 2.69. The van der Waals surface area contributed by atoms with E-state index in [-0.39, 0.29) is 29.8 Å². The minimum atomic E-state index is -0.363. The number of amides is 3. The van der Waals surface area contributed by atoms with Crippen LogP contribution in [-0.4, -0.2) is 47.1 Å². The molecule has 1 aliphatic heterocycles. The SMILES string of the molecule is CC(C(=O)NC(=O)NC1CCCCC1)N1CCC(c2ccc(O)cc2)CC1. The van der Waals surface area contributed by atoms with Gasteiger partial charge in [0.05, 0.1) is 6.04 Å². The molecule has 1 heterocycles. The van der Waals surface area contributed by atoms with Crippen LogP contribution in [0.4, 0.5) is 4.79 Å². The third-order valence-electron chi connectivity index (χ3n) is 6.00. The van der Waals surface area contributed by atoms with Gasteiger partial charge in [-0.2, -0.15) is 0 Å². The molecule has 1 saturated heterocycles. The van der Waals surface area contributed by atoms with E-state index in [9.17, 15) is 14.7 Å². The van der Waals surface area contributed by atoms with Crippen LogP contribution in [-0.2, 0) is 4.79 Å². The van der Waals surface area contributed by atoms with Crippen molar-refractivity contribution < 1.29 is 14.7 Å². The zero-order valence-corrected chi connectivity index (χ0v) is 16.1. The lowest BCUT2D eigenvalue weighted by molar-refractivity contribution is -0.125. The third-order valence-corrected chi connectivity index (χ3v) is 6.00. The molecule has 2 aliphatic rings. The van der Waals surface area contributed by atoms with Gasteiger partial charge in [0.25, 0.3) is 0 Å². The van der Waals surface area contributed by atoms with Crippen LogP contribution in [0.5, 0.6) is 5.75 Å². The summed E-state index contributed by atoms with van der Waals surface area (Å²) in [5.74, 6) is 0.506. The second-order valence-electron chi connectivity index (χ2n) is 7.88. The number of phenolic OH excluding ortho intramolecular Hbond substituents is 1. The van der Waals surface area contributed by atoms with Crippen LogP contribution in [0, 0.1) is 0 Å². The minimum absolute atomic E-state index is 0.197. The summed E-state index contributed by atoms with van der Waals surface area (Å²) in [4.78, 5) is 26.7. The number of carbonyl (C=O) groups is 2. The van der Waals surface area contributed by atoms with Crippen molar-refractivity contribution in [3.63, 3.8) is 0 Å². The Hall–Kier alpha value is -2.08. The molecule has 27 heavy (non-hydrogen) atoms. The number of imide groups is 1. The largest absolute Gasteiger partial charge is 0.508 e. The van der Waals surface area contributed by atoms with Crippen LogP contribution in [0.25, 0.3) is 0 Å². The minimum Gasteiger partial charge on any atom is -0.508 e. The molecule has 148 valence electrons. The number of hydrogen-bond donors (Lipinski definition) is 3. The number of phenols is 1. The Kier molecular flexibility index (Phi) is 6.72. The Morgan fingerprint density at radius 2 is 1.67 bits per heavy atom. The normalized spacial score (nSPS) is 20.8. The number of nitrogens with one attached hydrogen (secondary N) is 2. The number of carbonyl (C=O) groups excluding carboxylic acids is 2. The number of benzene rings is 1. The van der Waals surface area contributed by atoms with Gasteiger partial charge in [-0.15, -0.1) is 0 Å². The second-order valence-corrected chi connectivity index (χ2v) is 7.88. The van der Waals surface area contributed by atoms with Crippen LogP contribution >= 0.6 is 0 Å². The molecule has 3 amide bonds. The molecule has 2 fully saturated rings. The van der Waals surface area contributed by atoms with Crippen LogP contribution in [0.2, 0.25) is 0 Å². The highest BCUT2D eigenvalue weighted by atomic mass is 16.3. The van der Waals surface area contributed by atoms with Gasteiger partial charge < -0.3 is 10.4 Å². The smallest absolute Gasteiger partial charge is 0.321 e. The highest BCUT2D eigenvalue weighted by Gasteiger charge is 2.28. The van der Waals surface area contributed by atoms with Crippen molar-refractivity contribution in [2.45, 2.75) is 69.9 Å². The molecule has 6 heteroatoms. The topological polar surface area (TPSA) is 81.7 Å². The number of urea groups is 1. The number of likely N-dealkylation sites (tertiary alicyclic amines) is 1. The summed E-state index contributed by atoms with van der Waals surface area (Å²) in [6.07, 6.45) is 7.46. The molecule has 1 saturated carbocycles. The van der Waals surface area contributed by atoms with Crippen LogP contribution in [0.1, 0.15) is 63.4 Å². The molecule has 0 spiro atoms. The predicted octanol–water partition coefficient (Wildman–Crippen LogP) is 3.12. The lowest BCUT2D eigenvalue weighted by Crippen LogP contribution is -2.52. The fourth-order valence-electron chi connectivity index (χ4n) is 4.22. The first-order valence-electron chi connectivity index (χ1n) is 10.2. The summed E-state index contributed by atoms with van der Waals surface area (Å²) < 4.78 is 0. The monoisotopic (exact) mass is 373 g/mol. The first-order valence-corrected chi connectivity index (χ1v) is 10.2. The second kappa shape index (κ2) is 9.22. The summed E-state index contributed by atoms with van der Waals surface area (Å²) in [6, 6.07) is 6.91. The molecule has 3 rings (SSSR count). The summed E-state index contributed by atoms with van der Waals surface area (Å²) in [7, 11) is 0. The lowest BCUT2D eigenvalue weighted by atomic mass is 9.89. The number of hydrogen-bond acceptors (Lipinski definition) is 4. The van der Waals surface area contributed by atoms with Crippen LogP contribution < -0.4 is 10.6 Å². The molecule has 1 aliphatic carbocycles. The van der Waals surface area contributed by atoms with Gasteiger partial charge in [0, 0.05) is 6.04 Å². The number of nitrogens with zero attached hydrogens (tertiary/aromatic N) is 1. The van der Waals surface area contributed by atoms with E-state index in [0.29, 0.717) is 5.92 Å². The molecule has 1 atom stereocenters. The number of rotatable bonds is 4. The molecule has 0 bridgehead atoms. The molecule has 0 aromatic heterocycles. The van der Waals surface area contributed by atoms with E-state index >= 15 is 0 Å². The summed E-state index contributed by atoms with van der Waals surface area (Å²) in [5.41, 5.74) is 1.23. The molecule has 1 aromatic carbocycles. The van der Waals surface area contributed by atoms with E-state index in [0.717, 1.165) is 51.6 Å². The lowest BCUT2D eigenvalue weighted by Gasteiger charge is -2.35. The Labute approximate surface area is 161 Å². The third kappa shape index (κ3) is 5.45. The molecular formula is C21H31N3O3. The first kappa shape index (κ1) is 19.7. The maximum Gasteiger partial charge on any atom is 0.321 e. The van der Waals surface area contributed by atoms with E-state index in [2.05, 4.69) is 15.5 Å². The average molecular weight is 373 g/mol. The van der Waals surface area contributed by atoms with E-state index < -0.39 is 0 Å². The quantitative estimate of drug-likeness (QED) is 0.757. The van der Waals surface area contributed by atoms with E-state index in [1.807, 2.05) is 19.1 Å². The van der Waals surface area contributed by atoms with E-state index in [4.69, 9.17) is 0 Å². The molecule has 0 radical (unpaired) electrons. The van der Waals surface area contributed by atoms with Gasteiger partial charge in [-0.1, -0.05) is 31.4 Å². The van der Waals surface area contributed by atoms with Crippen molar-refractivity contribution in [2.24, 2.45) is 0 Å². The predicted molar refractivity (Wildman–Crippen MR) is 105 cm³/mol. The molecular weight excluding hydrogens is 342 g/mol. The highest BCUT2D eigenvalue weighted by Crippen LogP contribution is 2.29. The summed E-state index contributed by atoms with van der Waals surface area (Å²) in [5, 5.41) is 14.9. The van der Waals surface area contributed by atoms with E-state index in [1.165, 1.54) is 12.0 Å². The Balaban J connectivity index is 1.43. The van der Waals surface area contributed by atoms with Gasteiger partial charge in [-0.05, 0) is 69.3 Å². The van der Waals surface area contributed by atoms with Crippen molar-refractivity contribution in [3.8, 4) is 5.75 Å². The van der Waals surface area contributed by atoms with Crippen molar-refractivity contribution >= 4 is 11.9 Å². The van der Waals surface area contributed by atoms with E-state index in [1.54, 1.807) is 12.1 Å². The Morgan fingerprint density at radius 3 is 2.30 bits per heavy atom. The zero-order valence-electron chi connectivity index (χ0n) is 16.1. The van der Waals surface area contributed by atoms with Gasteiger partial charge >= 0.3 is 6.03 Å². The van der Waals surface area contributed by atoms with Crippen LogP contribution in [0.15, 0.2) is 24.3 Å². The van der Waals surface area contributed by atoms with Gasteiger partial charge in [0.2, 0.25) is 5.91 Å². The van der Waals surface area contributed by atoms with Gasteiger partial charge in [-0.3, -0.25) is 15.0 Å². The number of aromatic hydroxyl groups is 1. The van der Waals surface area contributed by atoms with Gasteiger partial charge in [0.15, 0.2) is 0 Å². The highest BCUT2D eigenvalue weighted by molar-refractivity contribution is 5.96. The Bertz CT molecular complexity index is 633. The zero-order chi connectivity index (χ0) is 19.2. The molecule has 3 N–H and O–H groups in total.